The Morgan fingerprint density at radius 3 is 2.39 bits per heavy atom. The highest BCUT2D eigenvalue weighted by atomic mass is 16.5. The van der Waals surface area contributed by atoms with Gasteiger partial charge in [-0.1, -0.05) is 48.5 Å². The summed E-state index contributed by atoms with van der Waals surface area (Å²) in [7, 11) is 0. The number of aryl methyl sites for hydroxylation is 1. The van der Waals surface area contributed by atoms with Gasteiger partial charge in [-0.2, -0.15) is 0 Å². The Balaban J connectivity index is 1.22. The number of ether oxygens (including phenoxy) is 1. The van der Waals surface area contributed by atoms with Gasteiger partial charge in [0.2, 0.25) is 5.89 Å². The number of carbonyl (C=O) groups is 1. The van der Waals surface area contributed by atoms with Crippen molar-refractivity contribution < 1.29 is 19.1 Å². The van der Waals surface area contributed by atoms with Crippen molar-refractivity contribution in [1.82, 2.24) is 15.9 Å². The van der Waals surface area contributed by atoms with Crippen LogP contribution in [0.15, 0.2) is 101 Å². The fourth-order valence-corrected chi connectivity index (χ4v) is 4.03. The van der Waals surface area contributed by atoms with E-state index < -0.39 is 5.97 Å². The van der Waals surface area contributed by atoms with Gasteiger partial charge in [-0.3, -0.25) is 10.4 Å². The molecule has 3 N–H and O–H groups in total. The zero-order chi connectivity index (χ0) is 24.9. The smallest absolute Gasteiger partial charge is 0.355 e. The molecule has 5 rings (SSSR count). The number of aliphatic carboxylic acids is 1. The largest absolute Gasteiger partial charge is 0.493 e. The second-order valence-corrected chi connectivity index (χ2v) is 8.34. The Kier molecular flexibility index (Phi) is 6.68. The summed E-state index contributed by atoms with van der Waals surface area (Å²) in [4.78, 5) is 16.4. The van der Waals surface area contributed by atoms with Crippen molar-refractivity contribution in [1.29, 1.82) is 0 Å². The molecular formula is C28H26N4O4. The number of nitrogens with zero attached hydrogens (tertiary/aromatic N) is 2. The Morgan fingerprint density at radius 1 is 1.00 bits per heavy atom. The van der Waals surface area contributed by atoms with Gasteiger partial charge < -0.3 is 14.3 Å². The summed E-state index contributed by atoms with van der Waals surface area (Å²) in [5.41, 5.74) is 10.1. The highest BCUT2D eigenvalue weighted by Gasteiger charge is 2.27. The molecule has 182 valence electrons. The summed E-state index contributed by atoms with van der Waals surface area (Å²) < 4.78 is 11.8. The lowest BCUT2D eigenvalue weighted by Gasteiger charge is -2.21. The number of oxazole rings is 1. The van der Waals surface area contributed by atoms with Crippen LogP contribution in [0.2, 0.25) is 0 Å². The molecule has 0 spiro atoms. The van der Waals surface area contributed by atoms with E-state index in [1.165, 1.54) is 0 Å². The molecule has 0 radical (unpaired) electrons. The van der Waals surface area contributed by atoms with Gasteiger partial charge in [0.15, 0.2) is 5.70 Å². The number of nitrogens with one attached hydrogen (secondary N) is 2. The number of carboxylic acids is 1. The lowest BCUT2D eigenvalue weighted by Crippen LogP contribution is -2.38. The third-order valence-corrected chi connectivity index (χ3v) is 5.90. The number of anilines is 1. The molecule has 3 aromatic carbocycles. The van der Waals surface area contributed by atoms with E-state index in [2.05, 4.69) is 15.9 Å². The van der Waals surface area contributed by atoms with Crippen LogP contribution in [0, 0.1) is 6.92 Å². The van der Waals surface area contributed by atoms with Crippen molar-refractivity contribution >= 4 is 11.7 Å². The number of rotatable bonds is 9. The van der Waals surface area contributed by atoms with Crippen molar-refractivity contribution in [3.05, 3.63) is 113 Å². The molecule has 1 aromatic heterocycles. The van der Waals surface area contributed by atoms with Crippen LogP contribution in [0.25, 0.3) is 11.5 Å². The number of hydrogen-bond acceptors (Lipinski definition) is 7. The average Bonchev–Trinajstić information content (AvgIpc) is 3.50. The van der Waals surface area contributed by atoms with E-state index in [1.807, 2.05) is 91.9 Å². The van der Waals surface area contributed by atoms with E-state index in [9.17, 15) is 9.90 Å². The van der Waals surface area contributed by atoms with E-state index in [0.29, 0.717) is 31.0 Å². The van der Waals surface area contributed by atoms with Crippen molar-refractivity contribution in [2.24, 2.45) is 0 Å². The summed E-state index contributed by atoms with van der Waals surface area (Å²) in [6.45, 7) is 2.37. The SMILES string of the molecule is Cc1oc(-c2ccccc2)nc1CCOc1ccc(CC2=C(C(=O)O)NNN2c2ccccc2)cc1. The summed E-state index contributed by atoms with van der Waals surface area (Å²) in [6.07, 6.45) is 1.05. The first-order valence-electron chi connectivity index (χ1n) is 11.7. The van der Waals surface area contributed by atoms with Crippen molar-refractivity contribution in [3.8, 4) is 17.2 Å². The minimum absolute atomic E-state index is 0.122. The van der Waals surface area contributed by atoms with Crippen molar-refractivity contribution in [3.63, 3.8) is 0 Å². The number of hydrogen-bond donors (Lipinski definition) is 3. The third-order valence-electron chi connectivity index (χ3n) is 5.90. The van der Waals surface area contributed by atoms with Crippen molar-refractivity contribution in [2.45, 2.75) is 19.8 Å². The van der Waals surface area contributed by atoms with Gasteiger partial charge in [0.25, 0.3) is 0 Å². The second kappa shape index (κ2) is 10.4. The Hall–Kier alpha value is -4.56. The molecule has 0 fully saturated rings. The Bertz CT molecular complexity index is 1370. The van der Waals surface area contributed by atoms with Crippen LogP contribution < -0.4 is 20.7 Å². The first-order chi connectivity index (χ1) is 17.6. The molecule has 0 bridgehead atoms. The lowest BCUT2D eigenvalue weighted by atomic mass is 10.1. The maximum absolute atomic E-state index is 11.8. The van der Waals surface area contributed by atoms with Crippen LogP contribution in [0.1, 0.15) is 17.0 Å². The molecular weight excluding hydrogens is 456 g/mol. The van der Waals surface area contributed by atoms with Crippen LogP contribution in [0.3, 0.4) is 0 Å². The monoisotopic (exact) mass is 482 g/mol. The molecule has 8 heteroatoms. The fourth-order valence-electron chi connectivity index (χ4n) is 4.03. The molecule has 8 nitrogen and oxygen atoms in total. The van der Waals surface area contributed by atoms with E-state index >= 15 is 0 Å². The zero-order valence-corrected chi connectivity index (χ0v) is 19.8. The Morgan fingerprint density at radius 2 is 1.69 bits per heavy atom. The van der Waals surface area contributed by atoms with Gasteiger partial charge in [-0.15, -0.1) is 5.53 Å². The molecule has 4 aromatic rings. The maximum Gasteiger partial charge on any atom is 0.355 e. The average molecular weight is 483 g/mol. The zero-order valence-electron chi connectivity index (χ0n) is 19.8. The number of para-hydroxylation sites is 1. The minimum Gasteiger partial charge on any atom is -0.493 e. The van der Waals surface area contributed by atoms with Crippen molar-refractivity contribution in [2.75, 3.05) is 11.6 Å². The third kappa shape index (κ3) is 5.08. The minimum atomic E-state index is -1.02. The van der Waals surface area contributed by atoms with Gasteiger partial charge >= 0.3 is 5.97 Å². The predicted molar refractivity (Wildman–Crippen MR) is 136 cm³/mol. The van der Waals surface area contributed by atoms with Gasteiger partial charge in [0.1, 0.15) is 11.5 Å². The molecule has 0 saturated heterocycles. The number of hydrazine groups is 2. The number of allylic oxidation sites excluding steroid dienone is 1. The van der Waals surface area contributed by atoms with Crippen LogP contribution >= 0.6 is 0 Å². The van der Waals surface area contributed by atoms with Crippen LogP contribution in [0.5, 0.6) is 5.75 Å². The maximum atomic E-state index is 11.8. The van der Waals surface area contributed by atoms with Gasteiger partial charge in [-0.05, 0) is 48.9 Å². The predicted octanol–water partition coefficient (Wildman–Crippen LogP) is 4.64. The van der Waals surface area contributed by atoms with E-state index in [-0.39, 0.29) is 5.70 Å². The highest BCUT2D eigenvalue weighted by Crippen LogP contribution is 2.26. The standard InChI is InChI=1S/C28H26N4O4/c1-19-24(29-27(36-19)21-8-4-2-5-9-21)16-17-35-23-14-12-20(13-15-23)18-25-26(28(33)34)30-31-32(25)22-10-6-3-7-11-22/h2-15,30-31H,16-18H2,1H3,(H,33,34). The van der Waals surface area contributed by atoms with E-state index in [1.54, 1.807) is 5.01 Å². The summed E-state index contributed by atoms with van der Waals surface area (Å²) in [5, 5.41) is 11.4. The quantitative estimate of drug-likeness (QED) is 0.317. The number of carboxylic acid groups (broad SMARTS) is 1. The lowest BCUT2D eigenvalue weighted by molar-refractivity contribution is -0.133. The summed E-state index contributed by atoms with van der Waals surface area (Å²) >= 11 is 0. The van der Waals surface area contributed by atoms with Gasteiger partial charge in [0.05, 0.1) is 23.7 Å². The summed E-state index contributed by atoms with van der Waals surface area (Å²) in [5.74, 6) is 1.12. The second-order valence-electron chi connectivity index (χ2n) is 8.34. The van der Waals surface area contributed by atoms with E-state index in [4.69, 9.17) is 9.15 Å². The molecule has 2 heterocycles. The van der Waals surface area contributed by atoms with Crippen LogP contribution in [0.4, 0.5) is 5.69 Å². The fraction of sp³-hybridized carbons (Fsp3) is 0.143. The van der Waals surface area contributed by atoms with E-state index in [0.717, 1.165) is 34.0 Å². The molecule has 0 aliphatic carbocycles. The summed E-state index contributed by atoms with van der Waals surface area (Å²) in [6, 6.07) is 27.0. The number of aromatic nitrogens is 1. The molecule has 0 amide bonds. The van der Waals surface area contributed by atoms with Gasteiger partial charge in [0, 0.05) is 18.4 Å². The highest BCUT2D eigenvalue weighted by molar-refractivity contribution is 5.88. The van der Waals surface area contributed by atoms with Crippen LogP contribution in [-0.4, -0.2) is 22.7 Å². The topological polar surface area (TPSA) is 99.9 Å². The number of benzene rings is 3. The molecule has 0 saturated carbocycles. The Labute approximate surface area is 208 Å². The normalized spacial score (nSPS) is 13.1. The molecule has 0 atom stereocenters. The first kappa shape index (κ1) is 23.2. The molecule has 1 aliphatic rings. The molecule has 36 heavy (non-hydrogen) atoms. The first-order valence-corrected chi connectivity index (χ1v) is 11.7. The molecule has 0 unspecified atom stereocenters. The van der Waals surface area contributed by atoms with Gasteiger partial charge in [-0.25, -0.2) is 9.78 Å². The molecule has 1 aliphatic heterocycles. The van der Waals surface area contributed by atoms with Crippen LogP contribution in [-0.2, 0) is 17.6 Å².